The lowest BCUT2D eigenvalue weighted by Gasteiger charge is -1.96. The van der Waals surface area contributed by atoms with Gasteiger partial charge in [-0.1, -0.05) is 0 Å². The third kappa shape index (κ3) is 0.740. The van der Waals surface area contributed by atoms with Crippen LogP contribution < -0.4 is 5.73 Å². The predicted octanol–water partition coefficient (Wildman–Crippen LogP) is 0.858. The van der Waals surface area contributed by atoms with Crippen LogP contribution in [0.2, 0.25) is 0 Å². The van der Waals surface area contributed by atoms with Gasteiger partial charge in [0, 0.05) is 6.04 Å². The number of hydrogen-bond donors (Lipinski definition) is 2. The van der Waals surface area contributed by atoms with Gasteiger partial charge in [0.25, 0.3) is 0 Å². The van der Waals surface area contributed by atoms with Gasteiger partial charge in [-0.25, -0.2) is 5.10 Å². The third-order valence-electron chi connectivity index (χ3n) is 1.64. The summed E-state index contributed by atoms with van der Waals surface area (Å²) < 4.78 is 2.51. The van der Waals surface area contributed by atoms with Crippen molar-refractivity contribution in [1.82, 2.24) is 14.8 Å². The van der Waals surface area contributed by atoms with E-state index in [9.17, 15) is 0 Å². The average molecular weight is 156 g/mol. The molecular weight excluding hydrogens is 148 g/mol. The SMILES string of the molecule is Nc1n[nH]c(=S)n1C1CC1. The molecule has 0 spiro atoms. The number of nitrogen functional groups attached to an aromatic ring is 1. The van der Waals surface area contributed by atoms with Crippen LogP contribution in [0.4, 0.5) is 5.95 Å². The van der Waals surface area contributed by atoms with Gasteiger partial charge in [-0.15, -0.1) is 5.10 Å². The minimum atomic E-state index is 0.507. The molecule has 1 heterocycles. The number of aromatic nitrogens is 3. The largest absolute Gasteiger partial charge is 0.368 e. The van der Waals surface area contributed by atoms with Crippen LogP contribution in [0.1, 0.15) is 18.9 Å². The molecule has 0 radical (unpaired) electrons. The Hall–Kier alpha value is -0.840. The molecule has 1 aliphatic carbocycles. The van der Waals surface area contributed by atoms with Crippen molar-refractivity contribution < 1.29 is 0 Å². The highest BCUT2D eigenvalue weighted by molar-refractivity contribution is 7.71. The fourth-order valence-electron chi connectivity index (χ4n) is 1.00. The molecule has 1 aliphatic rings. The first-order valence-electron chi connectivity index (χ1n) is 3.21. The summed E-state index contributed by atoms with van der Waals surface area (Å²) >= 11 is 4.95. The molecule has 2 rings (SSSR count). The normalized spacial score (nSPS) is 17.6. The molecule has 1 aromatic heterocycles. The summed E-state index contributed by atoms with van der Waals surface area (Å²) in [5.41, 5.74) is 5.54. The molecule has 5 heteroatoms. The van der Waals surface area contributed by atoms with Gasteiger partial charge in [-0.3, -0.25) is 4.57 Å². The van der Waals surface area contributed by atoms with Gasteiger partial charge < -0.3 is 5.73 Å². The van der Waals surface area contributed by atoms with Crippen LogP contribution in [0.25, 0.3) is 0 Å². The first-order valence-corrected chi connectivity index (χ1v) is 3.62. The van der Waals surface area contributed by atoms with Crippen LogP contribution in [0, 0.1) is 4.77 Å². The maximum absolute atomic E-state index is 5.54. The van der Waals surface area contributed by atoms with E-state index in [1.807, 2.05) is 4.57 Å². The zero-order valence-electron chi connectivity index (χ0n) is 5.37. The molecule has 1 saturated carbocycles. The fourth-order valence-corrected chi connectivity index (χ4v) is 1.29. The number of rotatable bonds is 1. The average Bonchev–Trinajstić information content (AvgIpc) is 2.64. The van der Waals surface area contributed by atoms with Crippen molar-refractivity contribution in [2.24, 2.45) is 0 Å². The monoisotopic (exact) mass is 156 g/mol. The van der Waals surface area contributed by atoms with Gasteiger partial charge in [0.05, 0.1) is 0 Å². The van der Waals surface area contributed by atoms with Crippen molar-refractivity contribution in [1.29, 1.82) is 0 Å². The van der Waals surface area contributed by atoms with Crippen molar-refractivity contribution >= 4 is 18.2 Å². The van der Waals surface area contributed by atoms with E-state index < -0.39 is 0 Å². The molecule has 0 aromatic carbocycles. The van der Waals surface area contributed by atoms with E-state index in [0.717, 1.165) is 0 Å². The summed E-state index contributed by atoms with van der Waals surface area (Å²) in [5.74, 6) is 0.507. The Balaban J connectivity index is 2.54. The molecule has 0 aliphatic heterocycles. The summed E-state index contributed by atoms with van der Waals surface area (Å²) in [6.45, 7) is 0. The van der Waals surface area contributed by atoms with Crippen LogP contribution >= 0.6 is 12.2 Å². The molecule has 0 bridgehead atoms. The number of nitrogens with zero attached hydrogens (tertiary/aromatic N) is 2. The van der Waals surface area contributed by atoms with Gasteiger partial charge in [-0.2, -0.15) is 0 Å². The van der Waals surface area contributed by atoms with Crippen molar-refractivity contribution in [3.8, 4) is 0 Å². The van der Waals surface area contributed by atoms with E-state index in [2.05, 4.69) is 10.2 Å². The minimum absolute atomic E-state index is 0.507. The van der Waals surface area contributed by atoms with Crippen molar-refractivity contribution in [2.75, 3.05) is 5.73 Å². The van der Waals surface area contributed by atoms with Gasteiger partial charge in [-0.05, 0) is 25.1 Å². The molecule has 1 fully saturated rings. The number of nitrogens with two attached hydrogens (primary N) is 1. The number of hydrogen-bond acceptors (Lipinski definition) is 3. The van der Waals surface area contributed by atoms with Gasteiger partial charge in [0.1, 0.15) is 0 Å². The predicted molar refractivity (Wildman–Crippen MR) is 40.1 cm³/mol. The topological polar surface area (TPSA) is 59.6 Å². The van der Waals surface area contributed by atoms with E-state index in [-0.39, 0.29) is 0 Å². The summed E-state index contributed by atoms with van der Waals surface area (Å²) in [7, 11) is 0. The van der Waals surface area contributed by atoms with Crippen molar-refractivity contribution in [2.45, 2.75) is 18.9 Å². The maximum atomic E-state index is 5.54. The minimum Gasteiger partial charge on any atom is -0.368 e. The Bertz CT molecular complexity index is 295. The summed E-state index contributed by atoms with van der Waals surface area (Å²) in [4.78, 5) is 0. The fraction of sp³-hybridized carbons (Fsp3) is 0.600. The van der Waals surface area contributed by atoms with Crippen LogP contribution in [0.15, 0.2) is 0 Å². The molecule has 4 nitrogen and oxygen atoms in total. The Morgan fingerprint density at radius 3 is 2.80 bits per heavy atom. The highest BCUT2D eigenvalue weighted by Gasteiger charge is 2.26. The lowest BCUT2D eigenvalue weighted by Crippen LogP contribution is -2.00. The summed E-state index contributed by atoms with van der Waals surface area (Å²) in [6, 6.07) is 0.520. The highest BCUT2D eigenvalue weighted by atomic mass is 32.1. The highest BCUT2D eigenvalue weighted by Crippen LogP contribution is 2.36. The molecule has 3 N–H and O–H groups in total. The van der Waals surface area contributed by atoms with E-state index in [1.165, 1.54) is 12.8 Å². The van der Waals surface area contributed by atoms with Crippen LogP contribution in [-0.2, 0) is 0 Å². The number of anilines is 1. The zero-order valence-corrected chi connectivity index (χ0v) is 6.19. The van der Waals surface area contributed by atoms with Crippen LogP contribution in [0.3, 0.4) is 0 Å². The number of nitrogens with one attached hydrogen (secondary N) is 1. The van der Waals surface area contributed by atoms with Crippen LogP contribution in [0.5, 0.6) is 0 Å². The quantitative estimate of drug-likeness (QED) is 0.593. The smallest absolute Gasteiger partial charge is 0.220 e. The molecule has 54 valence electrons. The first-order chi connectivity index (χ1) is 4.79. The molecule has 1 aromatic rings. The second kappa shape index (κ2) is 1.82. The van der Waals surface area contributed by atoms with Crippen molar-refractivity contribution in [3.05, 3.63) is 4.77 Å². The Kier molecular flexibility index (Phi) is 1.08. The lowest BCUT2D eigenvalue weighted by atomic mass is 10.7. The Morgan fingerprint density at radius 2 is 2.40 bits per heavy atom. The van der Waals surface area contributed by atoms with Gasteiger partial charge in [0.15, 0.2) is 4.77 Å². The molecule has 0 amide bonds. The lowest BCUT2D eigenvalue weighted by molar-refractivity contribution is 0.738. The summed E-state index contributed by atoms with van der Waals surface area (Å²) in [6.07, 6.45) is 2.36. The first kappa shape index (κ1) is 5.91. The maximum Gasteiger partial charge on any atom is 0.220 e. The van der Waals surface area contributed by atoms with E-state index >= 15 is 0 Å². The second-order valence-corrected chi connectivity index (χ2v) is 2.87. The second-order valence-electron chi connectivity index (χ2n) is 2.49. The number of H-pyrrole nitrogens is 1. The molecule has 0 saturated heterocycles. The van der Waals surface area contributed by atoms with Gasteiger partial charge >= 0.3 is 0 Å². The van der Waals surface area contributed by atoms with Crippen molar-refractivity contribution in [3.63, 3.8) is 0 Å². The Labute approximate surface area is 63.0 Å². The van der Waals surface area contributed by atoms with E-state index in [0.29, 0.717) is 16.8 Å². The van der Waals surface area contributed by atoms with E-state index in [4.69, 9.17) is 18.0 Å². The molecular formula is C5H8N4S. The molecule has 0 atom stereocenters. The van der Waals surface area contributed by atoms with Gasteiger partial charge in [0.2, 0.25) is 5.95 Å². The zero-order chi connectivity index (χ0) is 7.14. The van der Waals surface area contributed by atoms with E-state index in [1.54, 1.807) is 0 Å². The summed E-state index contributed by atoms with van der Waals surface area (Å²) in [5, 5.41) is 6.45. The Morgan fingerprint density at radius 1 is 1.70 bits per heavy atom. The van der Waals surface area contributed by atoms with Crippen LogP contribution in [-0.4, -0.2) is 14.8 Å². The third-order valence-corrected chi connectivity index (χ3v) is 1.93. The molecule has 0 unspecified atom stereocenters. The molecule has 10 heavy (non-hydrogen) atoms. The number of aromatic amines is 1. The standard InChI is InChI=1S/C5H8N4S/c6-4-7-8-5(10)9(4)3-1-2-3/h3H,1-2H2,(H2,6,7)(H,8,10).